The van der Waals surface area contributed by atoms with Gasteiger partial charge in [0.05, 0.1) is 16.7 Å². The van der Waals surface area contributed by atoms with Crippen LogP contribution in [-0.2, 0) is 5.41 Å². The third-order valence-corrected chi connectivity index (χ3v) is 3.44. The number of nitrogen functional groups attached to an aromatic ring is 2. The Labute approximate surface area is 143 Å². The van der Waals surface area contributed by atoms with Crippen LogP contribution in [0, 0.1) is 18.8 Å². The molecule has 25 heavy (non-hydrogen) atoms. The predicted octanol–water partition coefficient (Wildman–Crippen LogP) is 3.18. The summed E-state index contributed by atoms with van der Waals surface area (Å²) in [6.07, 6.45) is -4.72. The Kier molecular flexibility index (Phi) is 4.79. The van der Waals surface area contributed by atoms with E-state index in [0.717, 1.165) is 5.56 Å². The van der Waals surface area contributed by atoms with Crippen LogP contribution in [0.25, 0.3) is 0 Å². The molecular weight excluding hydrogens is 333 g/mol. The van der Waals surface area contributed by atoms with E-state index in [1.54, 1.807) is 6.92 Å². The van der Waals surface area contributed by atoms with Gasteiger partial charge in [-0.3, -0.25) is 0 Å². The maximum absolute atomic E-state index is 12.2. The van der Waals surface area contributed by atoms with Crippen molar-refractivity contribution in [3.8, 4) is 17.6 Å². The van der Waals surface area contributed by atoms with Gasteiger partial charge in [-0.15, -0.1) is 13.2 Å². The van der Waals surface area contributed by atoms with E-state index in [4.69, 9.17) is 11.5 Å². The summed E-state index contributed by atoms with van der Waals surface area (Å²) >= 11 is 0. The van der Waals surface area contributed by atoms with E-state index in [9.17, 15) is 13.2 Å². The van der Waals surface area contributed by atoms with Gasteiger partial charge < -0.3 is 16.2 Å². The van der Waals surface area contributed by atoms with Crippen LogP contribution in [0.4, 0.5) is 24.9 Å². The maximum atomic E-state index is 12.2. The first kappa shape index (κ1) is 18.4. The molecule has 4 N–H and O–H groups in total. The molecule has 0 bridgehead atoms. The molecule has 5 nitrogen and oxygen atoms in total. The number of hydrogen-bond donors (Lipinski definition) is 2. The van der Waals surface area contributed by atoms with Crippen molar-refractivity contribution in [1.82, 2.24) is 9.97 Å². The Hall–Kier alpha value is -2.95. The molecule has 0 unspecified atom stereocenters. The first-order chi connectivity index (χ1) is 11.5. The van der Waals surface area contributed by atoms with Crippen LogP contribution in [-0.4, -0.2) is 16.3 Å². The van der Waals surface area contributed by atoms with E-state index >= 15 is 0 Å². The molecule has 0 aliphatic carbocycles. The standard InChI is InChI=1S/C17H17F3N4O/c1-10-13(14(21)24-15(22)23-10)8-9-16(2,3)11-4-6-12(7-5-11)25-17(18,19)20/h4-7H,1-3H3,(H4,21,22,23,24). The SMILES string of the molecule is Cc1nc(N)nc(N)c1C#CC(C)(C)c1ccc(OC(F)(F)F)cc1. The number of nitrogens with two attached hydrogens (primary N) is 2. The molecule has 0 saturated heterocycles. The Morgan fingerprint density at radius 2 is 1.64 bits per heavy atom. The number of halogens is 3. The van der Waals surface area contributed by atoms with Gasteiger partial charge in [0.25, 0.3) is 0 Å². The smallest absolute Gasteiger partial charge is 0.406 e. The molecule has 0 fully saturated rings. The minimum absolute atomic E-state index is 0.0695. The summed E-state index contributed by atoms with van der Waals surface area (Å²) < 4.78 is 40.5. The Morgan fingerprint density at radius 3 is 2.16 bits per heavy atom. The van der Waals surface area contributed by atoms with Crippen molar-refractivity contribution in [2.75, 3.05) is 11.5 Å². The van der Waals surface area contributed by atoms with E-state index in [2.05, 4.69) is 26.5 Å². The molecule has 1 aromatic carbocycles. The molecule has 0 spiro atoms. The highest BCUT2D eigenvalue weighted by Crippen LogP contribution is 2.28. The molecule has 1 aromatic heterocycles. The lowest BCUT2D eigenvalue weighted by molar-refractivity contribution is -0.274. The van der Waals surface area contributed by atoms with Crippen LogP contribution in [0.5, 0.6) is 5.75 Å². The molecule has 0 aliphatic heterocycles. The van der Waals surface area contributed by atoms with Crippen LogP contribution in [0.15, 0.2) is 24.3 Å². The number of nitrogens with zero attached hydrogens (tertiary/aromatic N) is 2. The van der Waals surface area contributed by atoms with Gasteiger partial charge in [-0.2, -0.15) is 4.98 Å². The molecule has 0 amide bonds. The molecule has 0 saturated carbocycles. The average Bonchev–Trinajstić information content (AvgIpc) is 2.44. The van der Waals surface area contributed by atoms with Crippen molar-refractivity contribution < 1.29 is 17.9 Å². The zero-order valence-electron chi connectivity index (χ0n) is 13.9. The second-order valence-electron chi connectivity index (χ2n) is 5.87. The quantitative estimate of drug-likeness (QED) is 0.813. The fourth-order valence-electron chi connectivity index (χ4n) is 2.14. The van der Waals surface area contributed by atoms with Crippen molar-refractivity contribution >= 4 is 11.8 Å². The number of alkyl halides is 3. The first-order valence-electron chi connectivity index (χ1n) is 7.27. The van der Waals surface area contributed by atoms with Crippen molar-refractivity contribution in [3.05, 3.63) is 41.1 Å². The van der Waals surface area contributed by atoms with Crippen LogP contribution >= 0.6 is 0 Å². The Balaban J connectivity index is 2.29. The molecule has 0 radical (unpaired) electrons. The highest BCUT2D eigenvalue weighted by Gasteiger charge is 2.31. The normalized spacial score (nSPS) is 11.6. The molecule has 2 aromatic rings. The molecule has 2 rings (SSSR count). The molecule has 1 heterocycles. The fraction of sp³-hybridized carbons (Fsp3) is 0.294. The number of aromatic nitrogens is 2. The third-order valence-electron chi connectivity index (χ3n) is 3.44. The van der Waals surface area contributed by atoms with E-state index in [-0.39, 0.29) is 17.5 Å². The summed E-state index contributed by atoms with van der Waals surface area (Å²) in [7, 11) is 0. The van der Waals surface area contributed by atoms with Gasteiger partial charge in [0.2, 0.25) is 5.95 Å². The second kappa shape index (κ2) is 6.51. The third kappa shape index (κ3) is 4.76. The molecular formula is C17H17F3N4O. The largest absolute Gasteiger partial charge is 0.573 e. The minimum Gasteiger partial charge on any atom is -0.406 e. The Bertz CT molecular complexity index is 811. The minimum atomic E-state index is -4.72. The highest BCUT2D eigenvalue weighted by molar-refractivity contribution is 5.56. The lowest BCUT2D eigenvalue weighted by Gasteiger charge is -2.19. The van der Waals surface area contributed by atoms with Crippen LogP contribution in [0.2, 0.25) is 0 Å². The van der Waals surface area contributed by atoms with Gasteiger partial charge in [-0.25, -0.2) is 4.98 Å². The van der Waals surface area contributed by atoms with E-state index in [0.29, 0.717) is 11.3 Å². The molecule has 0 atom stereocenters. The maximum Gasteiger partial charge on any atom is 0.573 e. The molecule has 0 aliphatic rings. The summed E-state index contributed by atoms with van der Waals surface area (Å²) in [6, 6.07) is 5.56. The summed E-state index contributed by atoms with van der Waals surface area (Å²) in [5, 5.41) is 0. The number of ether oxygens (including phenoxy) is 1. The zero-order chi connectivity index (χ0) is 18.8. The number of anilines is 2. The van der Waals surface area contributed by atoms with Crippen LogP contribution in [0.1, 0.15) is 30.7 Å². The number of hydrogen-bond acceptors (Lipinski definition) is 5. The van der Waals surface area contributed by atoms with Crippen LogP contribution in [0.3, 0.4) is 0 Å². The summed E-state index contributed by atoms with van der Waals surface area (Å²) in [5.41, 5.74) is 12.4. The monoisotopic (exact) mass is 350 g/mol. The van der Waals surface area contributed by atoms with Crippen molar-refractivity contribution in [3.63, 3.8) is 0 Å². The zero-order valence-corrected chi connectivity index (χ0v) is 13.9. The van der Waals surface area contributed by atoms with Gasteiger partial charge in [-0.1, -0.05) is 24.0 Å². The van der Waals surface area contributed by atoms with Crippen LogP contribution < -0.4 is 16.2 Å². The van der Waals surface area contributed by atoms with E-state index in [1.165, 1.54) is 24.3 Å². The summed E-state index contributed by atoms with van der Waals surface area (Å²) in [5.74, 6) is 5.95. The number of benzene rings is 1. The number of aryl methyl sites for hydroxylation is 1. The van der Waals surface area contributed by atoms with Crippen molar-refractivity contribution in [1.29, 1.82) is 0 Å². The van der Waals surface area contributed by atoms with E-state index in [1.807, 2.05) is 13.8 Å². The van der Waals surface area contributed by atoms with Gasteiger partial charge in [-0.05, 0) is 38.5 Å². The summed E-state index contributed by atoms with van der Waals surface area (Å²) in [4.78, 5) is 7.89. The Morgan fingerprint density at radius 1 is 1.04 bits per heavy atom. The summed E-state index contributed by atoms with van der Waals surface area (Å²) in [6.45, 7) is 5.39. The molecule has 132 valence electrons. The number of rotatable bonds is 2. The lowest BCUT2D eigenvalue weighted by atomic mass is 9.85. The fourth-order valence-corrected chi connectivity index (χ4v) is 2.14. The van der Waals surface area contributed by atoms with Gasteiger partial charge in [0.1, 0.15) is 11.6 Å². The van der Waals surface area contributed by atoms with E-state index < -0.39 is 11.8 Å². The molecule has 8 heteroatoms. The second-order valence-corrected chi connectivity index (χ2v) is 5.87. The van der Waals surface area contributed by atoms with Gasteiger partial charge in [0, 0.05) is 0 Å². The van der Waals surface area contributed by atoms with Crippen molar-refractivity contribution in [2.45, 2.75) is 32.5 Å². The topological polar surface area (TPSA) is 87.0 Å². The van der Waals surface area contributed by atoms with Gasteiger partial charge >= 0.3 is 6.36 Å². The highest BCUT2D eigenvalue weighted by atomic mass is 19.4. The van der Waals surface area contributed by atoms with Gasteiger partial charge in [0.15, 0.2) is 0 Å². The van der Waals surface area contributed by atoms with Crippen molar-refractivity contribution in [2.24, 2.45) is 0 Å². The predicted molar refractivity (Wildman–Crippen MR) is 88.6 cm³/mol. The average molecular weight is 350 g/mol. The lowest BCUT2D eigenvalue weighted by Crippen LogP contribution is -2.18. The first-order valence-corrected chi connectivity index (χ1v) is 7.27.